The van der Waals surface area contributed by atoms with Crippen LogP contribution in [0.5, 0.6) is 11.5 Å². The van der Waals surface area contributed by atoms with E-state index < -0.39 is 7.26 Å². The lowest BCUT2D eigenvalue weighted by atomic mass is 10.3. The molecule has 0 spiro atoms. The average Bonchev–Trinajstić information content (AvgIpc) is 2.74. The van der Waals surface area contributed by atoms with Gasteiger partial charge in [-0.25, -0.2) is 0 Å². The number of benzene rings is 4. The Morgan fingerprint density at radius 1 is 0.464 bits per heavy atom. The quantitative estimate of drug-likeness (QED) is 0.387. The molecule has 0 atom stereocenters. The molecule has 4 rings (SSSR count). The third-order valence-electron chi connectivity index (χ3n) is 4.79. The number of hydrogen-bond acceptors (Lipinski definition) is 2. The maximum absolute atomic E-state index is 10.9. The summed E-state index contributed by atoms with van der Waals surface area (Å²) in [5.41, 5.74) is 0. The Bertz CT molecular complexity index is 941. The first-order valence-corrected chi connectivity index (χ1v) is 10.6. The fourth-order valence-electron chi connectivity index (χ4n) is 3.61. The van der Waals surface area contributed by atoms with Gasteiger partial charge in [-0.2, -0.15) is 0 Å². The molecule has 4 aromatic carbocycles. The zero-order valence-corrected chi connectivity index (χ0v) is 16.8. The van der Waals surface area contributed by atoms with Gasteiger partial charge in [0.15, 0.2) is 11.1 Å². The molecule has 0 saturated heterocycles. The van der Waals surface area contributed by atoms with Gasteiger partial charge in [0.1, 0.15) is 23.2 Å². The van der Waals surface area contributed by atoms with E-state index in [-0.39, 0.29) is 23.9 Å². The largest absolute Gasteiger partial charge is 1.00 e. The molecule has 0 aliphatic heterocycles. The van der Waals surface area contributed by atoms with Gasteiger partial charge in [0.05, 0.1) is 0 Å². The predicted octanol–water partition coefficient (Wildman–Crippen LogP) is 0.721. The van der Waals surface area contributed by atoms with Crippen LogP contribution in [0.25, 0.3) is 0 Å². The van der Waals surface area contributed by atoms with E-state index in [1.165, 1.54) is 6.07 Å². The van der Waals surface area contributed by atoms with Crippen LogP contribution in [-0.4, -0.2) is 10.2 Å². The first-order chi connectivity index (χ1) is 13.2. The third-order valence-corrected chi connectivity index (χ3v) is 9.09. The van der Waals surface area contributed by atoms with Crippen LogP contribution >= 0.6 is 7.26 Å². The van der Waals surface area contributed by atoms with E-state index in [1.807, 2.05) is 60.7 Å². The zero-order chi connectivity index (χ0) is 18.7. The van der Waals surface area contributed by atoms with Crippen molar-refractivity contribution in [2.45, 2.75) is 0 Å². The number of aromatic hydroxyl groups is 2. The smallest absolute Gasteiger partial charge is 0.201 e. The van der Waals surface area contributed by atoms with Gasteiger partial charge in [-0.3, -0.25) is 0 Å². The molecule has 0 aromatic heterocycles. The molecule has 0 saturated carbocycles. The average molecular weight is 407 g/mol. The molecule has 0 bridgehead atoms. The maximum Gasteiger partial charge on any atom is 0.201 e. The Hall–Kier alpha value is -2.80. The van der Waals surface area contributed by atoms with Crippen LogP contribution in [0.15, 0.2) is 109 Å². The first-order valence-electron chi connectivity index (χ1n) is 8.82. The van der Waals surface area contributed by atoms with Crippen molar-refractivity contribution in [3.8, 4) is 11.5 Å². The standard InChI is InChI=1S/C24H19O2P.ClH/c25-22-17-10-18-23(24(22)26)27(19-11-4-1-5-12-19,20-13-6-2-7-14-20)21-15-8-3-9-16-21;/h1-18H,(H-,25,26);1H. The monoisotopic (exact) mass is 406 g/mol. The minimum Gasteiger partial charge on any atom is -1.00 e. The van der Waals surface area contributed by atoms with Crippen LogP contribution in [0.3, 0.4) is 0 Å². The van der Waals surface area contributed by atoms with Crippen molar-refractivity contribution in [3.05, 3.63) is 109 Å². The summed E-state index contributed by atoms with van der Waals surface area (Å²) in [5.74, 6) is -0.151. The Labute approximate surface area is 171 Å². The van der Waals surface area contributed by atoms with Gasteiger partial charge in [-0.05, 0) is 48.5 Å². The van der Waals surface area contributed by atoms with E-state index in [2.05, 4.69) is 36.4 Å². The van der Waals surface area contributed by atoms with Crippen molar-refractivity contribution < 1.29 is 22.6 Å². The second-order valence-corrected chi connectivity index (χ2v) is 9.69. The molecule has 0 heterocycles. The number of phenolic OH excluding ortho intramolecular Hbond substituents is 2. The summed E-state index contributed by atoms with van der Waals surface area (Å²) in [4.78, 5) is 0. The van der Waals surface area contributed by atoms with Crippen LogP contribution in [-0.2, 0) is 0 Å². The van der Waals surface area contributed by atoms with Crippen LogP contribution in [0.2, 0.25) is 0 Å². The van der Waals surface area contributed by atoms with Crippen molar-refractivity contribution in [2.75, 3.05) is 0 Å². The van der Waals surface area contributed by atoms with Crippen molar-refractivity contribution in [3.63, 3.8) is 0 Å². The highest BCUT2D eigenvalue weighted by atomic mass is 35.5. The van der Waals surface area contributed by atoms with Gasteiger partial charge < -0.3 is 22.6 Å². The van der Waals surface area contributed by atoms with Crippen molar-refractivity contribution in [1.29, 1.82) is 0 Å². The Morgan fingerprint density at radius 2 is 0.857 bits per heavy atom. The topological polar surface area (TPSA) is 40.5 Å². The molecule has 0 radical (unpaired) electrons. The normalized spacial score (nSPS) is 10.9. The van der Waals surface area contributed by atoms with Gasteiger partial charge >= 0.3 is 0 Å². The maximum atomic E-state index is 10.9. The second-order valence-electron chi connectivity index (χ2n) is 6.32. The lowest BCUT2D eigenvalue weighted by Crippen LogP contribution is -3.00. The molecule has 2 nitrogen and oxygen atoms in total. The third kappa shape index (κ3) is 3.26. The van der Waals surface area contributed by atoms with Crippen molar-refractivity contribution >= 4 is 28.5 Å². The van der Waals surface area contributed by atoms with E-state index in [9.17, 15) is 10.2 Å². The molecule has 0 amide bonds. The number of para-hydroxylation sites is 1. The summed E-state index contributed by atoms with van der Waals surface area (Å²) in [6.07, 6.45) is 0. The van der Waals surface area contributed by atoms with E-state index in [1.54, 1.807) is 6.07 Å². The molecular weight excluding hydrogens is 387 g/mol. The van der Waals surface area contributed by atoms with E-state index in [0.717, 1.165) is 21.2 Å². The number of hydrogen-bond donors (Lipinski definition) is 2. The highest BCUT2D eigenvalue weighted by Crippen LogP contribution is 2.56. The Balaban J connectivity index is 0.00000225. The SMILES string of the molecule is Oc1cccc([P+](c2ccccc2)(c2ccccc2)c2ccccc2)c1O.[Cl-]. The van der Waals surface area contributed by atoms with E-state index >= 15 is 0 Å². The summed E-state index contributed by atoms with van der Waals surface area (Å²) in [6, 6.07) is 36.0. The van der Waals surface area contributed by atoms with Crippen molar-refractivity contribution in [1.82, 2.24) is 0 Å². The number of phenols is 2. The van der Waals surface area contributed by atoms with Crippen LogP contribution in [0.1, 0.15) is 0 Å². The predicted molar refractivity (Wildman–Crippen MR) is 115 cm³/mol. The van der Waals surface area contributed by atoms with Crippen LogP contribution < -0.4 is 33.6 Å². The first kappa shape index (κ1) is 19.9. The Kier molecular flexibility index (Phi) is 6.04. The molecule has 0 aliphatic rings. The van der Waals surface area contributed by atoms with Crippen molar-refractivity contribution in [2.24, 2.45) is 0 Å². The molecule has 2 N–H and O–H groups in total. The molecule has 28 heavy (non-hydrogen) atoms. The number of rotatable bonds is 4. The molecule has 0 aliphatic carbocycles. The van der Waals surface area contributed by atoms with Gasteiger partial charge in [0.2, 0.25) is 5.75 Å². The van der Waals surface area contributed by atoms with Crippen LogP contribution in [0.4, 0.5) is 0 Å². The molecule has 0 fully saturated rings. The minimum absolute atomic E-state index is 0. The summed E-state index contributed by atoms with van der Waals surface area (Å²) in [5, 5.41) is 25.3. The van der Waals surface area contributed by atoms with Gasteiger partial charge in [-0.1, -0.05) is 60.7 Å². The summed E-state index contributed by atoms with van der Waals surface area (Å²) >= 11 is 0. The van der Waals surface area contributed by atoms with E-state index in [4.69, 9.17) is 0 Å². The summed E-state index contributed by atoms with van der Waals surface area (Å²) < 4.78 is 0. The van der Waals surface area contributed by atoms with Gasteiger partial charge in [0.25, 0.3) is 0 Å². The molecular formula is C24H20ClO2P. The van der Waals surface area contributed by atoms with E-state index in [0.29, 0.717) is 0 Å². The van der Waals surface area contributed by atoms with Gasteiger partial charge in [0, 0.05) is 0 Å². The zero-order valence-electron chi connectivity index (χ0n) is 15.1. The molecule has 0 unspecified atom stereocenters. The summed E-state index contributed by atoms with van der Waals surface area (Å²) in [7, 11) is -2.38. The van der Waals surface area contributed by atoms with Gasteiger partial charge in [-0.15, -0.1) is 0 Å². The highest BCUT2D eigenvalue weighted by molar-refractivity contribution is 8.01. The molecule has 4 aromatic rings. The second kappa shape index (κ2) is 8.48. The lowest BCUT2D eigenvalue weighted by Gasteiger charge is -2.28. The van der Waals surface area contributed by atoms with Crippen LogP contribution in [0, 0.1) is 0 Å². The molecule has 4 heteroatoms. The fraction of sp³-hybridized carbons (Fsp3) is 0. The highest BCUT2D eigenvalue weighted by Gasteiger charge is 2.50. The fourth-order valence-corrected chi connectivity index (χ4v) is 7.94. The lowest BCUT2D eigenvalue weighted by molar-refractivity contribution is -0.00000689. The number of halogens is 1. The minimum atomic E-state index is -2.38. The summed E-state index contributed by atoms with van der Waals surface area (Å²) in [6.45, 7) is 0. The molecule has 140 valence electrons. The Morgan fingerprint density at radius 3 is 1.25 bits per heavy atom.